The molecule has 1 aliphatic carbocycles. The van der Waals surface area contributed by atoms with E-state index in [1.54, 1.807) is 12.1 Å². The fourth-order valence-corrected chi connectivity index (χ4v) is 3.05. The zero-order valence-electron chi connectivity index (χ0n) is 10.8. The molecule has 18 heavy (non-hydrogen) atoms. The highest BCUT2D eigenvalue weighted by molar-refractivity contribution is 5.35. The molecule has 1 aliphatic rings. The lowest BCUT2D eigenvalue weighted by molar-refractivity contribution is -0.384. The second-order valence-corrected chi connectivity index (χ2v) is 5.67. The minimum absolute atomic E-state index is 0.153. The number of nitro groups is 1. The van der Waals surface area contributed by atoms with E-state index < -0.39 is 0 Å². The maximum Gasteiger partial charge on any atom is 0.269 e. The summed E-state index contributed by atoms with van der Waals surface area (Å²) in [5, 5.41) is 10.8. The highest BCUT2D eigenvalue weighted by Crippen LogP contribution is 2.33. The van der Waals surface area contributed by atoms with Crippen molar-refractivity contribution in [1.82, 2.24) is 0 Å². The molecule has 1 aromatic carbocycles. The average Bonchev–Trinajstić information content (AvgIpc) is 2.28. The summed E-state index contributed by atoms with van der Waals surface area (Å²) in [5.74, 6) is 0.655. The van der Waals surface area contributed by atoms with Crippen LogP contribution < -0.4 is 5.73 Å². The highest BCUT2D eigenvalue weighted by atomic mass is 16.6. The number of nitro benzene ring substituents is 1. The average molecular weight is 248 g/mol. The monoisotopic (exact) mass is 248 g/mol. The van der Waals surface area contributed by atoms with Crippen LogP contribution in [-0.2, 0) is 6.42 Å². The first kappa shape index (κ1) is 13.0. The van der Waals surface area contributed by atoms with E-state index >= 15 is 0 Å². The minimum atomic E-state index is -0.351. The minimum Gasteiger partial charge on any atom is -0.325 e. The zero-order chi connectivity index (χ0) is 13.2. The molecule has 0 heterocycles. The number of hydrogen-bond donors (Lipinski definition) is 1. The van der Waals surface area contributed by atoms with Crippen molar-refractivity contribution < 1.29 is 4.92 Å². The highest BCUT2D eigenvalue weighted by Gasteiger charge is 2.31. The van der Waals surface area contributed by atoms with Crippen LogP contribution in [0.4, 0.5) is 5.69 Å². The molecule has 1 saturated carbocycles. The first-order valence-corrected chi connectivity index (χ1v) is 6.51. The standard InChI is InChI=1S/C14H20N2O2/c1-11-4-3-7-14(15,9-11)10-12-5-2-6-13(8-12)16(17)18/h2,5-6,8,11H,3-4,7,9-10,15H2,1H3. The molecule has 0 aliphatic heterocycles. The lowest BCUT2D eigenvalue weighted by Crippen LogP contribution is -2.45. The van der Waals surface area contributed by atoms with Gasteiger partial charge in [-0.05, 0) is 30.7 Å². The summed E-state index contributed by atoms with van der Waals surface area (Å²) < 4.78 is 0. The Balaban J connectivity index is 2.13. The van der Waals surface area contributed by atoms with Crippen LogP contribution in [0.2, 0.25) is 0 Å². The van der Waals surface area contributed by atoms with Gasteiger partial charge in [0.15, 0.2) is 0 Å². The van der Waals surface area contributed by atoms with Crippen molar-refractivity contribution in [1.29, 1.82) is 0 Å². The third-order valence-electron chi connectivity index (χ3n) is 3.80. The van der Waals surface area contributed by atoms with Gasteiger partial charge in [-0.3, -0.25) is 10.1 Å². The van der Waals surface area contributed by atoms with E-state index in [1.807, 2.05) is 6.07 Å². The van der Waals surface area contributed by atoms with E-state index in [0.29, 0.717) is 5.92 Å². The zero-order valence-corrected chi connectivity index (χ0v) is 10.8. The second-order valence-electron chi connectivity index (χ2n) is 5.67. The van der Waals surface area contributed by atoms with Gasteiger partial charge >= 0.3 is 0 Å². The lowest BCUT2D eigenvalue weighted by atomic mass is 9.74. The summed E-state index contributed by atoms with van der Waals surface area (Å²) in [5.41, 5.74) is 7.38. The van der Waals surface area contributed by atoms with E-state index in [9.17, 15) is 10.1 Å². The third-order valence-corrected chi connectivity index (χ3v) is 3.80. The van der Waals surface area contributed by atoms with Crippen molar-refractivity contribution in [3.05, 3.63) is 39.9 Å². The molecule has 4 nitrogen and oxygen atoms in total. The number of hydrogen-bond acceptors (Lipinski definition) is 3. The largest absolute Gasteiger partial charge is 0.325 e. The van der Waals surface area contributed by atoms with E-state index in [2.05, 4.69) is 6.92 Å². The van der Waals surface area contributed by atoms with Crippen LogP contribution in [0.25, 0.3) is 0 Å². The molecule has 0 radical (unpaired) electrons. The molecule has 1 fully saturated rings. The van der Waals surface area contributed by atoms with Gasteiger partial charge in [0, 0.05) is 17.7 Å². The second kappa shape index (κ2) is 5.06. The molecule has 2 atom stereocenters. The predicted molar refractivity (Wildman–Crippen MR) is 71.4 cm³/mol. The Morgan fingerprint density at radius 3 is 3.00 bits per heavy atom. The quantitative estimate of drug-likeness (QED) is 0.660. The first-order chi connectivity index (χ1) is 8.48. The molecule has 0 spiro atoms. The predicted octanol–water partition coefficient (Wildman–Crippen LogP) is 3.04. The smallest absolute Gasteiger partial charge is 0.269 e. The Kier molecular flexibility index (Phi) is 3.66. The van der Waals surface area contributed by atoms with Crippen molar-refractivity contribution in [2.75, 3.05) is 0 Å². The molecule has 0 saturated heterocycles. The van der Waals surface area contributed by atoms with Gasteiger partial charge in [-0.2, -0.15) is 0 Å². The molecule has 2 rings (SSSR count). The van der Waals surface area contributed by atoms with Crippen LogP contribution in [0.3, 0.4) is 0 Å². The summed E-state index contributed by atoms with van der Waals surface area (Å²) in [4.78, 5) is 10.4. The summed E-state index contributed by atoms with van der Waals surface area (Å²) in [7, 11) is 0. The number of non-ortho nitro benzene ring substituents is 1. The van der Waals surface area contributed by atoms with Gasteiger partial charge in [0.05, 0.1) is 4.92 Å². The summed E-state index contributed by atoms with van der Waals surface area (Å²) >= 11 is 0. The van der Waals surface area contributed by atoms with Crippen LogP contribution in [0, 0.1) is 16.0 Å². The van der Waals surface area contributed by atoms with Crippen LogP contribution in [0.1, 0.15) is 38.2 Å². The van der Waals surface area contributed by atoms with Crippen LogP contribution >= 0.6 is 0 Å². The van der Waals surface area contributed by atoms with Gasteiger partial charge in [-0.15, -0.1) is 0 Å². The van der Waals surface area contributed by atoms with Crippen molar-refractivity contribution in [2.45, 2.75) is 44.6 Å². The Morgan fingerprint density at radius 1 is 1.56 bits per heavy atom. The fraction of sp³-hybridized carbons (Fsp3) is 0.571. The molecular formula is C14H20N2O2. The van der Waals surface area contributed by atoms with Crippen LogP contribution in [0.5, 0.6) is 0 Å². The van der Waals surface area contributed by atoms with E-state index in [4.69, 9.17) is 5.73 Å². The molecule has 4 heteroatoms. The Morgan fingerprint density at radius 2 is 2.33 bits per heavy atom. The van der Waals surface area contributed by atoms with Crippen molar-refractivity contribution in [2.24, 2.45) is 11.7 Å². The summed E-state index contributed by atoms with van der Waals surface area (Å²) in [6, 6.07) is 6.84. The lowest BCUT2D eigenvalue weighted by Gasteiger charge is -2.37. The Labute approximate surface area is 107 Å². The molecule has 1 aromatic rings. The normalized spacial score (nSPS) is 28.0. The van der Waals surface area contributed by atoms with Crippen molar-refractivity contribution in [3.63, 3.8) is 0 Å². The number of nitrogens with two attached hydrogens (primary N) is 1. The summed E-state index contributed by atoms with van der Waals surface area (Å²) in [6.07, 6.45) is 5.16. The number of benzene rings is 1. The summed E-state index contributed by atoms with van der Waals surface area (Å²) in [6.45, 7) is 2.23. The van der Waals surface area contributed by atoms with Gasteiger partial charge < -0.3 is 5.73 Å². The van der Waals surface area contributed by atoms with E-state index in [1.165, 1.54) is 12.5 Å². The maximum absolute atomic E-state index is 10.8. The van der Waals surface area contributed by atoms with Gasteiger partial charge in [0.25, 0.3) is 5.69 Å². The van der Waals surface area contributed by atoms with Gasteiger partial charge in [-0.1, -0.05) is 31.9 Å². The molecule has 0 bridgehead atoms. The van der Waals surface area contributed by atoms with E-state index in [0.717, 1.165) is 31.2 Å². The SMILES string of the molecule is CC1CCCC(N)(Cc2cccc([N+](=O)[O-])c2)C1. The van der Waals surface area contributed by atoms with Crippen molar-refractivity contribution in [3.8, 4) is 0 Å². The third kappa shape index (κ3) is 3.07. The number of nitrogens with zero attached hydrogens (tertiary/aromatic N) is 1. The van der Waals surface area contributed by atoms with E-state index in [-0.39, 0.29) is 16.1 Å². The van der Waals surface area contributed by atoms with Crippen molar-refractivity contribution >= 4 is 5.69 Å². The molecule has 0 amide bonds. The van der Waals surface area contributed by atoms with Gasteiger partial charge in [-0.25, -0.2) is 0 Å². The van der Waals surface area contributed by atoms with Gasteiger partial charge in [0.1, 0.15) is 0 Å². The first-order valence-electron chi connectivity index (χ1n) is 6.51. The van der Waals surface area contributed by atoms with Crippen LogP contribution in [-0.4, -0.2) is 10.5 Å². The topological polar surface area (TPSA) is 69.2 Å². The molecule has 2 N–H and O–H groups in total. The Hall–Kier alpha value is -1.42. The van der Waals surface area contributed by atoms with Crippen LogP contribution in [0.15, 0.2) is 24.3 Å². The molecule has 0 aromatic heterocycles. The molecule has 2 unspecified atom stereocenters. The molecular weight excluding hydrogens is 228 g/mol. The fourth-order valence-electron chi connectivity index (χ4n) is 3.05. The Bertz CT molecular complexity index is 447. The number of rotatable bonds is 3. The van der Waals surface area contributed by atoms with Gasteiger partial charge in [0.2, 0.25) is 0 Å². The molecule has 98 valence electrons. The maximum atomic E-state index is 10.8.